The van der Waals surface area contributed by atoms with Crippen LogP contribution in [0.5, 0.6) is 0 Å². The normalized spacial score (nSPS) is 18.2. The Labute approximate surface area is 215 Å². The fourth-order valence-corrected chi connectivity index (χ4v) is 3.90. The van der Waals surface area contributed by atoms with Crippen molar-refractivity contribution in [2.75, 3.05) is 22.9 Å². The van der Waals surface area contributed by atoms with Crippen molar-refractivity contribution in [3.63, 3.8) is 0 Å². The molecule has 0 aromatic heterocycles. The summed E-state index contributed by atoms with van der Waals surface area (Å²) in [6.45, 7) is 0.628. The van der Waals surface area contributed by atoms with Gasteiger partial charge in [0.05, 0.1) is 11.4 Å². The van der Waals surface area contributed by atoms with Crippen molar-refractivity contribution in [3.8, 4) is 0 Å². The Balaban J connectivity index is 0.000000178. The molecule has 4 aliphatic heterocycles. The molecule has 0 fully saturated rings. The number of hydrogen-bond donors (Lipinski definition) is 0. The molecule has 0 unspecified atom stereocenters. The number of hydrogen-bond acceptors (Lipinski definition) is 8. The van der Waals surface area contributed by atoms with Gasteiger partial charge in [-0.2, -0.15) is 0 Å². The lowest BCUT2D eigenvalue weighted by molar-refractivity contribution is -0.139. The van der Waals surface area contributed by atoms with Gasteiger partial charge in [-0.15, -0.1) is 0 Å². The van der Waals surface area contributed by atoms with Gasteiger partial charge in [-0.3, -0.25) is 48.2 Å². The van der Waals surface area contributed by atoms with Crippen molar-refractivity contribution in [1.29, 1.82) is 0 Å². The minimum atomic E-state index is -0.419. The zero-order valence-corrected chi connectivity index (χ0v) is 19.8. The standard InChI is InChI=1S/C14H8N2O4.C12H12N2O4/c17-11-5-6-12(18)15(11)9-1-2-10(4-3-9)16-13(19)7-8-14(16)20;15-9-3-4-10(16)13(9)7-1-2-8-14-11(17)5-6-12(14)18/h1-8H;3-6H,1-2,7-8H2. The lowest BCUT2D eigenvalue weighted by atomic mass is 10.2. The van der Waals surface area contributed by atoms with Crippen LogP contribution in [-0.4, -0.2) is 70.1 Å². The Morgan fingerprint density at radius 2 is 0.605 bits per heavy atom. The molecule has 0 aliphatic carbocycles. The number of rotatable bonds is 7. The van der Waals surface area contributed by atoms with E-state index in [1.165, 1.54) is 72.9 Å². The maximum Gasteiger partial charge on any atom is 0.258 e. The third-order valence-corrected chi connectivity index (χ3v) is 5.80. The first-order chi connectivity index (χ1) is 18.2. The summed E-state index contributed by atoms with van der Waals surface area (Å²) in [6.07, 6.45) is 10.8. The van der Waals surface area contributed by atoms with Crippen molar-refractivity contribution < 1.29 is 38.4 Å². The van der Waals surface area contributed by atoms with E-state index in [1.807, 2.05) is 0 Å². The Hall–Kier alpha value is -5.26. The Morgan fingerprint density at radius 3 is 0.868 bits per heavy atom. The minimum absolute atomic E-state index is 0.310. The summed E-state index contributed by atoms with van der Waals surface area (Å²) in [5.41, 5.74) is 0.779. The van der Waals surface area contributed by atoms with Gasteiger partial charge in [0.25, 0.3) is 47.3 Å². The topological polar surface area (TPSA) is 150 Å². The molecule has 0 atom stereocenters. The molecule has 12 heteroatoms. The molecule has 0 bridgehead atoms. The quantitative estimate of drug-likeness (QED) is 0.368. The third kappa shape index (κ3) is 5.28. The highest BCUT2D eigenvalue weighted by atomic mass is 16.2. The molecule has 5 rings (SSSR count). The second-order valence-corrected chi connectivity index (χ2v) is 8.24. The van der Waals surface area contributed by atoms with E-state index in [9.17, 15) is 38.4 Å². The number of amides is 8. The molecule has 1 aromatic rings. The number of carbonyl (C=O) groups excluding carboxylic acids is 8. The van der Waals surface area contributed by atoms with Gasteiger partial charge in [0, 0.05) is 61.7 Å². The van der Waals surface area contributed by atoms with E-state index in [0.717, 1.165) is 19.6 Å². The number of anilines is 2. The third-order valence-electron chi connectivity index (χ3n) is 5.80. The fraction of sp³-hybridized carbons (Fsp3) is 0.154. The van der Waals surface area contributed by atoms with Gasteiger partial charge in [-0.25, -0.2) is 9.80 Å². The lowest BCUT2D eigenvalue weighted by Crippen LogP contribution is -2.33. The summed E-state index contributed by atoms with van der Waals surface area (Å²) in [5, 5.41) is 0. The smallest absolute Gasteiger partial charge is 0.258 e. The van der Waals surface area contributed by atoms with Crippen molar-refractivity contribution >= 4 is 58.6 Å². The first-order valence-corrected chi connectivity index (χ1v) is 11.5. The summed E-state index contributed by atoms with van der Waals surface area (Å²) >= 11 is 0. The maximum atomic E-state index is 11.5. The molecule has 38 heavy (non-hydrogen) atoms. The Kier molecular flexibility index (Phi) is 7.33. The van der Waals surface area contributed by atoms with Crippen LogP contribution in [0.2, 0.25) is 0 Å². The summed E-state index contributed by atoms with van der Waals surface area (Å²) in [7, 11) is 0. The number of imide groups is 4. The van der Waals surface area contributed by atoms with E-state index in [2.05, 4.69) is 0 Å². The largest absolute Gasteiger partial charge is 0.275 e. The van der Waals surface area contributed by atoms with Crippen LogP contribution in [0.15, 0.2) is 72.9 Å². The van der Waals surface area contributed by atoms with Crippen LogP contribution < -0.4 is 9.80 Å². The van der Waals surface area contributed by atoms with Gasteiger partial charge >= 0.3 is 0 Å². The molecule has 4 aliphatic rings. The number of nitrogens with zero attached hydrogens (tertiary/aromatic N) is 4. The average Bonchev–Trinajstić information content (AvgIpc) is 3.61. The molecule has 12 nitrogen and oxygen atoms in total. The first-order valence-electron chi connectivity index (χ1n) is 11.5. The predicted molar refractivity (Wildman–Crippen MR) is 131 cm³/mol. The van der Waals surface area contributed by atoms with Gasteiger partial charge in [0.1, 0.15) is 0 Å². The van der Waals surface area contributed by atoms with Crippen LogP contribution in [0, 0.1) is 0 Å². The molecular formula is C26H20N4O8. The lowest BCUT2D eigenvalue weighted by Gasteiger charge is -2.17. The van der Waals surface area contributed by atoms with Crippen molar-refractivity contribution in [1.82, 2.24) is 9.80 Å². The maximum absolute atomic E-state index is 11.5. The molecule has 8 amide bonds. The Morgan fingerprint density at radius 1 is 0.368 bits per heavy atom. The van der Waals surface area contributed by atoms with Crippen LogP contribution in [0.25, 0.3) is 0 Å². The van der Waals surface area contributed by atoms with E-state index < -0.39 is 23.6 Å². The van der Waals surface area contributed by atoms with Crippen molar-refractivity contribution in [2.45, 2.75) is 12.8 Å². The van der Waals surface area contributed by atoms with Crippen LogP contribution in [0.3, 0.4) is 0 Å². The summed E-state index contributed by atoms with van der Waals surface area (Å²) in [4.78, 5) is 95.3. The first kappa shape index (κ1) is 25.8. The molecule has 0 radical (unpaired) electrons. The molecule has 0 saturated carbocycles. The molecule has 192 valence electrons. The van der Waals surface area contributed by atoms with Gasteiger partial charge in [0.2, 0.25) is 0 Å². The minimum Gasteiger partial charge on any atom is -0.275 e. The SMILES string of the molecule is O=C1C=CC(=O)N1CCCCN1C(=O)C=CC1=O.O=C1C=CC(=O)N1c1ccc(N2C(=O)C=CC2=O)cc1. The average molecular weight is 516 g/mol. The van der Waals surface area contributed by atoms with Gasteiger partial charge in [0.15, 0.2) is 0 Å². The van der Waals surface area contributed by atoms with Gasteiger partial charge < -0.3 is 0 Å². The molecule has 0 N–H and O–H groups in total. The van der Waals surface area contributed by atoms with E-state index in [4.69, 9.17) is 0 Å². The van der Waals surface area contributed by atoms with Gasteiger partial charge in [-0.1, -0.05) is 0 Å². The van der Waals surface area contributed by atoms with Crippen molar-refractivity contribution in [3.05, 3.63) is 72.9 Å². The van der Waals surface area contributed by atoms with Crippen LogP contribution >= 0.6 is 0 Å². The summed E-state index contributed by atoms with van der Waals surface area (Å²) in [5.74, 6) is -2.92. The monoisotopic (exact) mass is 516 g/mol. The van der Waals surface area contributed by atoms with Crippen LogP contribution in [0.1, 0.15) is 12.8 Å². The second kappa shape index (κ2) is 10.8. The second-order valence-electron chi connectivity index (χ2n) is 8.24. The molecular weight excluding hydrogens is 496 g/mol. The number of unbranched alkanes of at least 4 members (excludes halogenated alkanes) is 1. The highest BCUT2D eigenvalue weighted by Gasteiger charge is 2.28. The number of carbonyl (C=O) groups is 8. The van der Waals surface area contributed by atoms with E-state index in [-0.39, 0.29) is 23.6 Å². The van der Waals surface area contributed by atoms with Crippen LogP contribution in [-0.2, 0) is 38.4 Å². The number of benzene rings is 1. The molecule has 1 aromatic carbocycles. The van der Waals surface area contributed by atoms with Gasteiger partial charge in [-0.05, 0) is 37.1 Å². The summed E-state index contributed by atoms with van der Waals surface area (Å²) in [6, 6.07) is 6.04. The van der Waals surface area contributed by atoms with Crippen LogP contribution in [0.4, 0.5) is 11.4 Å². The zero-order valence-electron chi connectivity index (χ0n) is 19.8. The molecule has 4 heterocycles. The fourth-order valence-electron chi connectivity index (χ4n) is 3.90. The summed E-state index contributed by atoms with van der Waals surface area (Å²) < 4.78 is 0. The molecule has 0 spiro atoms. The highest BCUT2D eigenvalue weighted by Crippen LogP contribution is 2.25. The van der Waals surface area contributed by atoms with E-state index in [1.54, 1.807) is 0 Å². The van der Waals surface area contributed by atoms with Crippen molar-refractivity contribution in [2.24, 2.45) is 0 Å². The highest BCUT2D eigenvalue weighted by molar-refractivity contribution is 6.29. The van der Waals surface area contributed by atoms with E-state index >= 15 is 0 Å². The van der Waals surface area contributed by atoms with E-state index in [0.29, 0.717) is 37.3 Å². The molecule has 0 saturated heterocycles. The Bertz CT molecular complexity index is 1210. The predicted octanol–water partition coefficient (Wildman–Crippen LogP) is 0.162. The zero-order chi connectivity index (χ0) is 27.4.